The van der Waals surface area contributed by atoms with E-state index in [0.717, 1.165) is 43.1 Å². The first kappa shape index (κ1) is 17.0. The third kappa shape index (κ3) is 5.42. The van der Waals surface area contributed by atoms with E-state index in [1.807, 2.05) is 32.0 Å². The molecule has 1 heterocycles. The van der Waals surface area contributed by atoms with Crippen LogP contribution in [0.3, 0.4) is 0 Å². The first-order valence-corrected chi connectivity index (χ1v) is 7.92. The van der Waals surface area contributed by atoms with Crippen molar-refractivity contribution < 1.29 is 9.26 Å². The molecule has 2 rings (SSSR count). The second-order valence-electron chi connectivity index (χ2n) is 5.49. The third-order valence-electron chi connectivity index (χ3n) is 3.66. The molecule has 0 saturated heterocycles. The lowest BCUT2D eigenvalue weighted by Gasteiger charge is -2.08. The molecule has 5 heteroatoms. The summed E-state index contributed by atoms with van der Waals surface area (Å²) in [6.07, 6.45) is 2.20. The van der Waals surface area contributed by atoms with Gasteiger partial charge in [0.25, 0.3) is 0 Å². The number of nitrogens with zero attached hydrogens (tertiary/aromatic N) is 2. The molecule has 0 aliphatic carbocycles. The highest BCUT2D eigenvalue weighted by atomic mass is 16.5. The molecule has 122 valence electrons. The topological polar surface area (TPSA) is 71.1 Å². The Kier molecular flexibility index (Phi) is 6.64. The molecule has 1 N–H and O–H groups in total. The molecular weight excluding hydrogens is 290 g/mol. The molecule has 0 spiro atoms. The van der Waals surface area contributed by atoms with Crippen molar-refractivity contribution in [2.75, 3.05) is 13.2 Å². The summed E-state index contributed by atoms with van der Waals surface area (Å²) in [6.45, 7) is 6.16. The zero-order chi connectivity index (χ0) is 16.5. The summed E-state index contributed by atoms with van der Waals surface area (Å²) in [6, 6.07) is 10.2. The van der Waals surface area contributed by atoms with Gasteiger partial charge in [-0.05, 0) is 50.9 Å². The van der Waals surface area contributed by atoms with Gasteiger partial charge in [0, 0.05) is 18.5 Å². The molecule has 0 saturated carbocycles. The van der Waals surface area contributed by atoms with Gasteiger partial charge in [0.2, 0.25) is 0 Å². The Morgan fingerprint density at radius 3 is 2.96 bits per heavy atom. The fraction of sp³-hybridized carbons (Fsp3) is 0.444. The summed E-state index contributed by atoms with van der Waals surface area (Å²) in [5.74, 6) is 1.75. The quantitative estimate of drug-likeness (QED) is 0.719. The molecule has 0 radical (unpaired) electrons. The fourth-order valence-electron chi connectivity index (χ4n) is 2.39. The van der Waals surface area contributed by atoms with Crippen molar-refractivity contribution in [2.45, 2.75) is 39.7 Å². The zero-order valence-corrected chi connectivity index (χ0v) is 13.8. The maximum Gasteiger partial charge on any atom is 0.137 e. The smallest absolute Gasteiger partial charge is 0.137 e. The van der Waals surface area contributed by atoms with E-state index in [1.54, 1.807) is 0 Å². The summed E-state index contributed by atoms with van der Waals surface area (Å²) in [5.41, 5.74) is 3.34. The summed E-state index contributed by atoms with van der Waals surface area (Å²) in [7, 11) is 0. The van der Waals surface area contributed by atoms with Crippen LogP contribution in [0.25, 0.3) is 0 Å². The number of aromatic nitrogens is 1. The van der Waals surface area contributed by atoms with Crippen LogP contribution in [-0.2, 0) is 13.0 Å². The van der Waals surface area contributed by atoms with Gasteiger partial charge in [0.05, 0.1) is 18.4 Å². The number of ether oxygens (including phenoxy) is 1. The molecule has 0 fully saturated rings. The van der Waals surface area contributed by atoms with Gasteiger partial charge in [-0.2, -0.15) is 5.26 Å². The number of nitrogens with one attached hydrogen (secondary N) is 1. The molecule has 23 heavy (non-hydrogen) atoms. The Morgan fingerprint density at radius 1 is 1.35 bits per heavy atom. The van der Waals surface area contributed by atoms with Crippen LogP contribution in [0.4, 0.5) is 0 Å². The third-order valence-corrected chi connectivity index (χ3v) is 3.66. The predicted molar refractivity (Wildman–Crippen MR) is 88.2 cm³/mol. The Bertz CT molecular complexity index is 639. The Balaban J connectivity index is 1.74. The Hall–Kier alpha value is -2.32. The normalized spacial score (nSPS) is 10.5. The van der Waals surface area contributed by atoms with Crippen LogP contribution in [0.1, 0.15) is 35.4 Å². The molecular formula is C18H23N3O2. The highest BCUT2D eigenvalue weighted by Crippen LogP contribution is 2.14. The second kappa shape index (κ2) is 8.96. The second-order valence-corrected chi connectivity index (χ2v) is 5.49. The lowest BCUT2D eigenvalue weighted by atomic mass is 10.1. The van der Waals surface area contributed by atoms with E-state index in [1.165, 1.54) is 11.1 Å². The first-order valence-electron chi connectivity index (χ1n) is 7.92. The zero-order valence-electron chi connectivity index (χ0n) is 13.8. The molecule has 0 aliphatic rings. The van der Waals surface area contributed by atoms with E-state index in [4.69, 9.17) is 14.5 Å². The molecule has 0 unspecified atom stereocenters. The fourth-order valence-corrected chi connectivity index (χ4v) is 2.39. The largest absolute Gasteiger partial charge is 0.494 e. The van der Waals surface area contributed by atoms with Crippen LogP contribution >= 0.6 is 0 Å². The molecule has 0 aliphatic heterocycles. The van der Waals surface area contributed by atoms with Gasteiger partial charge in [0.1, 0.15) is 11.5 Å². The van der Waals surface area contributed by atoms with Crippen LogP contribution in [0.2, 0.25) is 0 Å². The average molecular weight is 313 g/mol. The molecule has 0 atom stereocenters. The van der Waals surface area contributed by atoms with Crippen molar-refractivity contribution in [3.63, 3.8) is 0 Å². The number of hydrogen-bond acceptors (Lipinski definition) is 5. The van der Waals surface area contributed by atoms with Gasteiger partial charge in [-0.3, -0.25) is 0 Å². The van der Waals surface area contributed by atoms with Gasteiger partial charge in [0.15, 0.2) is 0 Å². The maximum atomic E-state index is 8.51. The van der Waals surface area contributed by atoms with E-state index in [2.05, 4.69) is 22.6 Å². The van der Waals surface area contributed by atoms with Crippen molar-refractivity contribution >= 4 is 0 Å². The lowest BCUT2D eigenvalue weighted by Crippen LogP contribution is -2.17. The van der Waals surface area contributed by atoms with Gasteiger partial charge in [-0.15, -0.1) is 0 Å². The van der Waals surface area contributed by atoms with Crippen molar-refractivity contribution in [2.24, 2.45) is 0 Å². The maximum absolute atomic E-state index is 8.51. The summed E-state index contributed by atoms with van der Waals surface area (Å²) < 4.78 is 10.8. The number of benzene rings is 1. The Morgan fingerprint density at radius 2 is 2.22 bits per heavy atom. The van der Waals surface area contributed by atoms with Crippen molar-refractivity contribution in [1.82, 2.24) is 10.5 Å². The minimum atomic E-state index is 0.531. The van der Waals surface area contributed by atoms with Crippen LogP contribution in [0, 0.1) is 25.2 Å². The van der Waals surface area contributed by atoms with Gasteiger partial charge in [-0.25, -0.2) is 0 Å². The number of hydrogen-bond donors (Lipinski definition) is 1. The van der Waals surface area contributed by atoms with Crippen molar-refractivity contribution in [1.29, 1.82) is 5.26 Å². The monoisotopic (exact) mass is 313 g/mol. The standard InChI is InChI=1S/C18H23N3O2/c1-14-18(15(2)23-21-14)8-10-20-13-16-6-5-7-17(12-16)22-11-4-3-9-19/h5-7,12,20H,3-4,8,10-11,13H2,1-2H3. The van der Waals surface area contributed by atoms with Crippen LogP contribution in [0.5, 0.6) is 5.75 Å². The van der Waals surface area contributed by atoms with Crippen LogP contribution < -0.4 is 10.1 Å². The summed E-state index contributed by atoms with van der Waals surface area (Å²) in [5, 5.41) is 15.9. The van der Waals surface area contributed by atoms with Gasteiger partial charge in [-0.1, -0.05) is 17.3 Å². The lowest BCUT2D eigenvalue weighted by molar-refractivity contribution is 0.312. The summed E-state index contributed by atoms with van der Waals surface area (Å²) in [4.78, 5) is 0. The SMILES string of the molecule is Cc1noc(C)c1CCNCc1cccc(OCCCC#N)c1. The van der Waals surface area contributed by atoms with Gasteiger partial charge >= 0.3 is 0 Å². The van der Waals surface area contributed by atoms with Crippen molar-refractivity contribution in [3.8, 4) is 11.8 Å². The highest BCUT2D eigenvalue weighted by Gasteiger charge is 2.07. The van der Waals surface area contributed by atoms with E-state index >= 15 is 0 Å². The van der Waals surface area contributed by atoms with E-state index < -0.39 is 0 Å². The molecule has 1 aromatic carbocycles. The van der Waals surface area contributed by atoms with Crippen LogP contribution in [-0.4, -0.2) is 18.3 Å². The minimum Gasteiger partial charge on any atom is -0.494 e. The minimum absolute atomic E-state index is 0.531. The van der Waals surface area contributed by atoms with E-state index in [-0.39, 0.29) is 0 Å². The van der Waals surface area contributed by atoms with Crippen LogP contribution in [0.15, 0.2) is 28.8 Å². The summed E-state index contributed by atoms with van der Waals surface area (Å²) >= 11 is 0. The average Bonchev–Trinajstić information content (AvgIpc) is 2.87. The molecule has 5 nitrogen and oxygen atoms in total. The predicted octanol–water partition coefficient (Wildman–Crippen LogP) is 3.31. The molecule has 0 amide bonds. The molecule has 1 aromatic heterocycles. The first-order chi connectivity index (χ1) is 11.2. The number of rotatable bonds is 9. The highest BCUT2D eigenvalue weighted by molar-refractivity contribution is 5.28. The molecule has 0 bridgehead atoms. The molecule has 2 aromatic rings. The van der Waals surface area contributed by atoms with E-state index in [0.29, 0.717) is 13.0 Å². The van der Waals surface area contributed by atoms with Gasteiger partial charge < -0.3 is 14.6 Å². The van der Waals surface area contributed by atoms with Crippen molar-refractivity contribution in [3.05, 3.63) is 46.8 Å². The number of unbranched alkanes of at least 4 members (excludes halogenated alkanes) is 1. The van der Waals surface area contributed by atoms with E-state index in [9.17, 15) is 0 Å². The number of nitriles is 1. The Labute approximate surface area is 137 Å². The number of aryl methyl sites for hydroxylation is 2.